The van der Waals surface area contributed by atoms with Crippen LogP contribution in [0.2, 0.25) is 0 Å². The summed E-state index contributed by atoms with van der Waals surface area (Å²) in [6.45, 7) is 18.1. The van der Waals surface area contributed by atoms with Gasteiger partial charge in [0.1, 0.15) is 59.3 Å². The molecule has 16 atom stereocenters. The number of alkyl carbamates (subject to hydrolysis) is 1. The van der Waals surface area contributed by atoms with Crippen LogP contribution in [0.4, 0.5) is 26.9 Å². The van der Waals surface area contributed by atoms with Crippen LogP contribution in [0, 0.1) is 42.3 Å². The number of nitrogens with one attached hydrogen (secondary N) is 2. The highest BCUT2D eigenvalue weighted by Crippen LogP contribution is 2.40. The van der Waals surface area contributed by atoms with Crippen LogP contribution in [-0.4, -0.2) is 308 Å². The number of carbonyl (C=O) groups is 8. The number of piperidine rings is 1. The number of nitrogens with two attached hydrogens (primary N) is 2. The fourth-order valence-corrected chi connectivity index (χ4v) is 20.2. The number of pyridine rings is 1. The second-order valence-corrected chi connectivity index (χ2v) is 39.0. The van der Waals surface area contributed by atoms with Crippen molar-refractivity contribution in [3.8, 4) is 16.9 Å². The summed E-state index contributed by atoms with van der Waals surface area (Å²) in [6, 6.07) is 9.43. The fourth-order valence-electron chi connectivity index (χ4n) is 18.9. The van der Waals surface area contributed by atoms with Crippen molar-refractivity contribution in [2.45, 2.75) is 217 Å². The molecular formula is C98H134FN15O21S. The molecule has 1 aliphatic carbocycles. The number of cyclic esters (lactones) is 1. The highest BCUT2D eigenvalue weighted by molar-refractivity contribution is 7.91. The van der Waals surface area contributed by atoms with Crippen molar-refractivity contribution in [2.24, 2.45) is 35.3 Å². The number of ketones is 2. The van der Waals surface area contributed by atoms with E-state index >= 15 is 4.39 Å². The third-order valence-electron chi connectivity index (χ3n) is 27.3. The minimum atomic E-state index is -4.27. The molecule has 38 heteroatoms. The van der Waals surface area contributed by atoms with Gasteiger partial charge in [0.25, 0.3) is 23.5 Å². The quantitative estimate of drug-likeness (QED) is 0.0137. The van der Waals surface area contributed by atoms with E-state index in [9.17, 15) is 62.1 Å². The molecule has 740 valence electrons. The number of nitrogens with zero attached hydrogens (tertiary/aromatic N) is 11. The summed E-state index contributed by atoms with van der Waals surface area (Å²) in [5.41, 5.74) is 17.1. The van der Waals surface area contributed by atoms with Crippen LogP contribution in [0.3, 0.4) is 0 Å². The van der Waals surface area contributed by atoms with E-state index in [-0.39, 0.29) is 106 Å². The number of carbonyl (C=O) groups excluding carboxylic acids is 8. The normalized spacial score (nSPS) is 28.0. The van der Waals surface area contributed by atoms with Gasteiger partial charge in [-0.2, -0.15) is 0 Å². The van der Waals surface area contributed by atoms with Crippen molar-refractivity contribution in [3.05, 3.63) is 155 Å². The first kappa shape index (κ1) is 104. The number of halogens is 1. The van der Waals surface area contributed by atoms with Crippen molar-refractivity contribution in [1.29, 1.82) is 0 Å². The van der Waals surface area contributed by atoms with E-state index in [0.29, 0.717) is 158 Å². The van der Waals surface area contributed by atoms with Crippen LogP contribution in [0.1, 0.15) is 162 Å². The van der Waals surface area contributed by atoms with Crippen molar-refractivity contribution in [3.63, 3.8) is 0 Å². The van der Waals surface area contributed by atoms with Crippen molar-refractivity contribution < 1.29 is 104 Å². The predicted octanol–water partition coefficient (Wildman–Crippen LogP) is 7.39. The van der Waals surface area contributed by atoms with Crippen LogP contribution in [-0.2, 0) is 80.1 Å². The lowest BCUT2D eigenvalue weighted by molar-refractivity contribution is -0.265. The van der Waals surface area contributed by atoms with Gasteiger partial charge in [0.05, 0.1) is 61.9 Å². The van der Waals surface area contributed by atoms with Gasteiger partial charge in [-0.05, 0) is 155 Å². The van der Waals surface area contributed by atoms with Gasteiger partial charge >= 0.3 is 12.1 Å². The van der Waals surface area contributed by atoms with Gasteiger partial charge in [-0.25, -0.2) is 47.3 Å². The Kier molecular flexibility index (Phi) is 37.2. The standard InChI is InChI=1S/C98H134FN15O21S/c1-60-16-12-11-13-17-61(2)79(128-8)51-73-23-19-65(6)98(125,135-73)90(119)93(122)114-31-15-14-18-76(114)94(123)133-81(52-80(129-9)62(3)47-64(5)88(117)89(118)87(116)63(4)46-60)75(100)48-67-20-25-78(82(49-67)130-10)134-97(124)108-55-68-53-104-95(105-54-68)112-38-36-110(37-39-112)85(115)29-42-131-43-40-109-32-34-111(35-33-109)96-106-57-72(58-107-96)91(120)102-30-45-136(126,127)83-27-24-74(66(7)86(83)99)92(121)113-41-44-132-77-26-21-69(50-71(77)59-113)70-22-28-84(101)103-56-70/h11-13,16-17,21-22,24,26-28,47,50,53-54,56-58,60,62-63,65,67,73,75-76,78-82,88-89,117-118,125H,14-15,18-20,23,25,29-46,48-49,51-52,55,59,100H2,1-10H3,(H2,101,103)(H,102,120)(H,108,124)/b13-11+,16-12+,61-17+,64-47+/t60-,62-,63-,65-,67+,73+,75-,76+,78-,79+,80-,81+,82-,88-,89+,98-/m1/s1. The number of amides is 5. The highest BCUT2D eigenvalue weighted by Gasteiger charge is 2.54. The lowest BCUT2D eigenvalue weighted by atomic mass is 9.80. The zero-order chi connectivity index (χ0) is 97.7. The van der Waals surface area contributed by atoms with Gasteiger partial charge in [0.2, 0.25) is 23.6 Å². The molecule has 5 amide bonds. The summed E-state index contributed by atoms with van der Waals surface area (Å²) >= 11 is 0. The molecule has 3 aromatic heterocycles. The maximum Gasteiger partial charge on any atom is 0.407 e. The Labute approximate surface area is 794 Å². The molecule has 9 N–H and O–H groups in total. The third kappa shape index (κ3) is 27.0. The van der Waals surface area contributed by atoms with Crippen LogP contribution in [0.25, 0.3) is 11.1 Å². The van der Waals surface area contributed by atoms with Crippen molar-refractivity contribution in [1.82, 2.24) is 55.2 Å². The van der Waals surface area contributed by atoms with E-state index in [1.807, 2.05) is 85.2 Å². The molecule has 1 saturated carbocycles. The van der Waals surface area contributed by atoms with E-state index in [1.54, 1.807) is 63.5 Å². The number of aliphatic hydroxyl groups excluding tert-OH is 2. The first-order valence-electron chi connectivity index (χ1n) is 47.3. The third-order valence-corrected chi connectivity index (χ3v) is 29.0. The number of rotatable bonds is 24. The average molecular weight is 1910 g/mol. The van der Waals surface area contributed by atoms with Gasteiger partial charge in [-0.3, -0.25) is 33.7 Å². The van der Waals surface area contributed by atoms with E-state index in [1.165, 1.54) is 49.4 Å². The largest absolute Gasteiger partial charge is 0.491 e. The lowest BCUT2D eigenvalue weighted by Gasteiger charge is -2.43. The number of Topliss-reactive ketones (excluding diaryl/α,β-unsaturated/α-hetero) is 2. The van der Waals surface area contributed by atoms with E-state index < -0.39 is 152 Å². The number of ether oxygens (including phenoxy) is 8. The summed E-state index contributed by atoms with van der Waals surface area (Å²) in [6.07, 6.45) is 15.2. The second kappa shape index (κ2) is 48.6. The minimum Gasteiger partial charge on any atom is -0.491 e. The second-order valence-electron chi connectivity index (χ2n) is 36.9. The lowest BCUT2D eigenvalue weighted by Crippen LogP contribution is -2.61. The number of piperazine rings is 2. The van der Waals surface area contributed by atoms with Crippen LogP contribution in [0.15, 0.2) is 126 Å². The summed E-state index contributed by atoms with van der Waals surface area (Å²) < 4.78 is 91.6. The number of aliphatic hydroxyl groups is 3. The number of fused-ring (bicyclic) bond motifs is 4. The predicted molar refractivity (Wildman–Crippen MR) is 503 cm³/mol. The van der Waals surface area contributed by atoms with Gasteiger partial charge in [0, 0.05) is 196 Å². The number of hydrogen-bond donors (Lipinski definition) is 7. The number of benzene rings is 2. The molecule has 12 rings (SSSR count). The Hall–Kier alpha value is -10.7. The first-order valence-corrected chi connectivity index (χ1v) is 48.9. The molecule has 0 spiro atoms. The smallest absolute Gasteiger partial charge is 0.407 e. The number of aromatic nitrogens is 5. The van der Waals surface area contributed by atoms with Crippen molar-refractivity contribution in [2.75, 3.05) is 141 Å². The first-order chi connectivity index (χ1) is 65.1. The number of hydrogen-bond acceptors (Lipinski definition) is 31. The fraction of sp³-hybridized carbons (Fsp3) is 0.582. The number of anilines is 3. The van der Waals surface area contributed by atoms with E-state index in [2.05, 4.69) is 40.5 Å². The van der Waals surface area contributed by atoms with Crippen LogP contribution >= 0.6 is 0 Å². The summed E-state index contributed by atoms with van der Waals surface area (Å²) in [4.78, 5) is 144. The summed E-state index contributed by atoms with van der Waals surface area (Å²) in [7, 11) is 0.308. The number of sulfone groups is 1. The average Bonchev–Trinajstić information content (AvgIpc) is 0.992. The number of allylic oxidation sites excluding steroid dienone is 5. The molecule has 36 nitrogen and oxygen atoms in total. The molecule has 9 heterocycles. The van der Waals surface area contributed by atoms with E-state index in [4.69, 9.17) is 49.4 Å². The monoisotopic (exact) mass is 1910 g/mol. The van der Waals surface area contributed by atoms with Crippen LogP contribution < -0.4 is 36.6 Å². The Morgan fingerprint density at radius 2 is 1.41 bits per heavy atom. The summed E-state index contributed by atoms with van der Waals surface area (Å²) in [5.74, 6) is -9.09. The Bertz CT molecular complexity index is 5200. The zero-order valence-electron chi connectivity index (χ0n) is 79.5. The number of nitrogen functional groups attached to an aromatic ring is 1. The number of esters is 1. The van der Waals surface area contributed by atoms with Crippen molar-refractivity contribution >= 4 is 74.8 Å². The minimum absolute atomic E-state index is 0.00808. The molecule has 6 aliphatic heterocycles. The number of methoxy groups -OCH3 is 3. The van der Waals surface area contributed by atoms with Gasteiger partial charge < -0.3 is 99.8 Å². The topological polar surface area (TPSA) is 465 Å². The Morgan fingerprint density at radius 3 is 2.11 bits per heavy atom. The molecule has 0 radical (unpaired) electrons. The molecule has 4 saturated heterocycles. The van der Waals surface area contributed by atoms with Gasteiger partial charge in [-0.1, -0.05) is 70.2 Å². The maximum atomic E-state index is 16.0. The maximum absolute atomic E-state index is 16.0. The molecule has 5 aromatic rings. The SMILES string of the molecule is CO[C@H]1C[C@@H]2CC[C@@H](C)[C@@](O)(O2)C(=O)C(=O)N2CCCC[C@H]2C(=O)O[C@H]([C@H](N)C[C@@H]2CC[C@@H](OC(=O)NCc3cnc(N4CCN(C(=O)CCOCCN5CCN(c6ncc(C(=O)NCCS(=O)(=O)c7ccc(C(=O)N8CCOc9ccc(-c%10ccc(N)nc%10)cc9C8)c(C)c7F)cn6)CC5)CC4)nc3)[C@H](OC)C2)C[C@@H](OC)[C@H](C)/C=C(\C)[C@@H](O)[C@@H](O)C(=O)[C@H](C)C[C@H](C)/C=C/C=C/C=C/1C. The molecule has 2 aromatic carbocycles. The molecular weight excluding hydrogens is 1770 g/mol. The zero-order valence-corrected chi connectivity index (χ0v) is 80.3. The van der Waals surface area contributed by atoms with E-state index in [0.717, 1.165) is 28.3 Å². The molecule has 2 bridgehead atoms. The molecule has 5 fully saturated rings. The van der Waals surface area contributed by atoms with Gasteiger partial charge in [0.15, 0.2) is 15.6 Å². The molecule has 7 aliphatic rings. The van der Waals surface area contributed by atoms with Gasteiger partial charge in [-0.15, -0.1) is 0 Å². The molecule has 136 heavy (non-hydrogen) atoms. The molecule has 0 unspecified atom stereocenters. The highest BCUT2D eigenvalue weighted by atomic mass is 32.2. The van der Waals surface area contributed by atoms with Crippen LogP contribution in [0.5, 0.6) is 5.75 Å². The Morgan fingerprint density at radius 1 is 0.706 bits per heavy atom. The Balaban J connectivity index is 0.551. The summed E-state index contributed by atoms with van der Waals surface area (Å²) in [5, 5.41) is 40.4.